The van der Waals surface area contributed by atoms with E-state index in [1.165, 1.54) is 4.90 Å². The Morgan fingerprint density at radius 2 is 1.75 bits per heavy atom. The summed E-state index contributed by atoms with van der Waals surface area (Å²) in [4.78, 5) is 1.38. The molecule has 0 aliphatic carbocycles. The van der Waals surface area contributed by atoms with Gasteiger partial charge in [-0.05, 0) is 46.8 Å². The Bertz CT molecular complexity index is 321. The van der Waals surface area contributed by atoms with Gasteiger partial charge in [-0.25, -0.2) is 0 Å². The van der Waals surface area contributed by atoms with Crippen molar-refractivity contribution >= 4 is 22.6 Å². The molecule has 0 saturated heterocycles. The number of alkyl halides is 3. The fourth-order valence-corrected chi connectivity index (χ4v) is 1.74. The molecule has 0 unspecified atom stereocenters. The van der Waals surface area contributed by atoms with Gasteiger partial charge in [0.25, 0.3) is 0 Å². The van der Waals surface area contributed by atoms with Crippen LogP contribution in [0, 0.1) is 3.57 Å². The monoisotopic (exact) mass is 343 g/mol. The predicted molar refractivity (Wildman–Crippen MR) is 66.2 cm³/mol. The number of hydrogen-bond donors (Lipinski definition) is 0. The third-order valence-corrected chi connectivity index (χ3v) is 2.89. The molecule has 0 amide bonds. The largest absolute Gasteiger partial charge is 0.401 e. The summed E-state index contributed by atoms with van der Waals surface area (Å²) in [6, 6.07) is 7.52. The Labute approximate surface area is 107 Å². The lowest BCUT2D eigenvalue weighted by atomic mass is 10.2. The lowest BCUT2D eigenvalue weighted by molar-refractivity contribution is -0.146. The van der Waals surface area contributed by atoms with Crippen molar-refractivity contribution in [2.45, 2.75) is 19.6 Å². The zero-order valence-corrected chi connectivity index (χ0v) is 11.0. The number of hydrogen-bond acceptors (Lipinski definition) is 1. The molecule has 0 heterocycles. The average Bonchev–Trinajstić information content (AvgIpc) is 2.18. The predicted octanol–water partition coefficient (Wildman–Crippen LogP) is 3.68. The van der Waals surface area contributed by atoms with Crippen LogP contribution in [0.1, 0.15) is 12.5 Å². The number of halogens is 4. The van der Waals surface area contributed by atoms with Gasteiger partial charge in [0.2, 0.25) is 0 Å². The van der Waals surface area contributed by atoms with Crippen molar-refractivity contribution in [3.8, 4) is 0 Å². The van der Waals surface area contributed by atoms with E-state index in [4.69, 9.17) is 0 Å². The molecule has 0 saturated carbocycles. The fraction of sp³-hybridized carbons (Fsp3) is 0.455. The second-order valence-corrected chi connectivity index (χ2v) is 4.79. The van der Waals surface area contributed by atoms with Gasteiger partial charge in [-0.2, -0.15) is 13.2 Å². The van der Waals surface area contributed by atoms with Crippen molar-refractivity contribution in [1.29, 1.82) is 0 Å². The van der Waals surface area contributed by atoms with Crippen molar-refractivity contribution in [2.24, 2.45) is 0 Å². The van der Waals surface area contributed by atoms with Crippen LogP contribution >= 0.6 is 22.6 Å². The second-order valence-electron chi connectivity index (χ2n) is 3.54. The first-order valence-corrected chi connectivity index (χ1v) is 6.02. The quantitative estimate of drug-likeness (QED) is 0.754. The summed E-state index contributed by atoms with van der Waals surface area (Å²) in [6.45, 7) is 1.62. The molecule has 1 aromatic carbocycles. The van der Waals surface area contributed by atoms with Gasteiger partial charge in [0.1, 0.15) is 0 Å². The highest BCUT2D eigenvalue weighted by molar-refractivity contribution is 14.1. The van der Waals surface area contributed by atoms with Crippen LogP contribution in [-0.2, 0) is 6.54 Å². The molecule has 0 bridgehead atoms. The van der Waals surface area contributed by atoms with E-state index in [-0.39, 0.29) is 0 Å². The number of benzene rings is 1. The maximum Gasteiger partial charge on any atom is 0.401 e. The summed E-state index contributed by atoms with van der Waals surface area (Å²) in [6.07, 6.45) is -4.13. The van der Waals surface area contributed by atoms with Gasteiger partial charge in [0, 0.05) is 10.1 Å². The summed E-state index contributed by atoms with van der Waals surface area (Å²) in [7, 11) is 0. The van der Waals surface area contributed by atoms with Crippen molar-refractivity contribution in [1.82, 2.24) is 4.90 Å². The van der Waals surface area contributed by atoms with E-state index < -0.39 is 12.7 Å². The Morgan fingerprint density at radius 1 is 1.19 bits per heavy atom. The summed E-state index contributed by atoms with van der Waals surface area (Å²) in [5.41, 5.74) is 0.909. The van der Waals surface area contributed by atoms with Crippen LogP contribution in [0.2, 0.25) is 0 Å². The van der Waals surface area contributed by atoms with E-state index >= 15 is 0 Å². The molecule has 0 fully saturated rings. The standard InChI is InChI=1S/C11H13F3IN/c1-2-16(8-11(12,13)14)7-9-3-5-10(15)6-4-9/h3-6H,2,7-8H2,1H3. The van der Waals surface area contributed by atoms with Crippen molar-refractivity contribution < 1.29 is 13.2 Å². The maximum absolute atomic E-state index is 12.2. The van der Waals surface area contributed by atoms with E-state index in [0.29, 0.717) is 13.1 Å². The van der Waals surface area contributed by atoms with E-state index in [1.807, 2.05) is 24.3 Å². The average molecular weight is 343 g/mol. The van der Waals surface area contributed by atoms with E-state index in [1.54, 1.807) is 6.92 Å². The minimum atomic E-state index is -4.13. The second kappa shape index (κ2) is 5.86. The van der Waals surface area contributed by atoms with Gasteiger partial charge in [0.15, 0.2) is 0 Å². The molecule has 0 spiro atoms. The van der Waals surface area contributed by atoms with Gasteiger partial charge in [-0.3, -0.25) is 4.90 Å². The Morgan fingerprint density at radius 3 is 2.19 bits per heavy atom. The summed E-state index contributed by atoms with van der Waals surface area (Å²) < 4.78 is 37.7. The highest BCUT2D eigenvalue weighted by Gasteiger charge is 2.29. The minimum absolute atomic E-state index is 0.340. The van der Waals surface area contributed by atoms with Crippen molar-refractivity contribution in [3.63, 3.8) is 0 Å². The van der Waals surface area contributed by atoms with Gasteiger partial charge in [0.05, 0.1) is 6.54 Å². The zero-order valence-electron chi connectivity index (χ0n) is 8.89. The van der Waals surface area contributed by atoms with E-state index in [0.717, 1.165) is 9.13 Å². The van der Waals surface area contributed by atoms with Crippen molar-refractivity contribution in [2.75, 3.05) is 13.1 Å². The molecule has 90 valence electrons. The third kappa shape index (κ3) is 5.16. The molecule has 0 radical (unpaired) electrons. The Kier molecular flexibility index (Phi) is 5.04. The zero-order chi connectivity index (χ0) is 12.2. The lowest BCUT2D eigenvalue weighted by Gasteiger charge is -2.21. The van der Waals surface area contributed by atoms with Gasteiger partial charge >= 0.3 is 6.18 Å². The Balaban J connectivity index is 2.60. The fourth-order valence-electron chi connectivity index (χ4n) is 1.38. The smallest absolute Gasteiger partial charge is 0.291 e. The van der Waals surface area contributed by atoms with Crippen LogP contribution in [0.5, 0.6) is 0 Å². The van der Waals surface area contributed by atoms with Crippen LogP contribution in [0.15, 0.2) is 24.3 Å². The highest BCUT2D eigenvalue weighted by Crippen LogP contribution is 2.18. The van der Waals surface area contributed by atoms with E-state index in [9.17, 15) is 13.2 Å². The van der Waals surface area contributed by atoms with Gasteiger partial charge in [-0.15, -0.1) is 0 Å². The maximum atomic E-state index is 12.2. The molecule has 0 aliphatic heterocycles. The molecule has 0 aromatic heterocycles. The molecule has 1 aromatic rings. The molecule has 16 heavy (non-hydrogen) atoms. The summed E-state index contributed by atoms with van der Waals surface area (Å²) >= 11 is 2.17. The summed E-state index contributed by atoms with van der Waals surface area (Å²) in [5.74, 6) is 0. The SMILES string of the molecule is CCN(Cc1ccc(I)cc1)CC(F)(F)F. The van der Waals surface area contributed by atoms with E-state index in [2.05, 4.69) is 22.6 Å². The molecule has 0 atom stereocenters. The molecule has 0 aliphatic rings. The Hall–Kier alpha value is -0.300. The molecule has 0 N–H and O–H groups in total. The molecule has 1 nitrogen and oxygen atoms in total. The normalized spacial score (nSPS) is 12.1. The van der Waals surface area contributed by atoms with Crippen LogP contribution in [0.25, 0.3) is 0 Å². The lowest BCUT2D eigenvalue weighted by Crippen LogP contribution is -2.33. The molecular weight excluding hydrogens is 330 g/mol. The van der Waals surface area contributed by atoms with Crippen LogP contribution in [0.4, 0.5) is 13.2 Å². The van der Waals surface area contributed by atoms with Gasteiger partial charge < -0.3 is 0 Å². The summed E-state index contributed by atoms with van der Waals surface area (Å²) in [5, 5.41) is 0. The van der Waals surface area contributed by atoms with Crippen LogP contribution in [0.3, 0.4) is 0 Å². The topological polar surface area (TPSA) is 3.24 Å². The molecule has 1 rings (SSSR count). The first kappa shape index (κ1) is 13.8. The number of nitrogens with zero attached hydrogens (tertiary/aromatic N) is 1. The molecule has 5 heteroatoms. The first-order valence-electron chi connectivity index (χ1n) is 4.94. The van der Waals surface area contributed by atoms with Gasteiger partial charge in [-0.1, -0.05) is 19.1 Å². The third-order valence-electron chi connectivity index (χ3n) is 2.17. The number of rotatable bonds is 4. The van der Waals surface area contributed by atoms with Crippen molar-refractivity contribution in [3.05, 3.63) is 33.4 Å². The van der Waals surface area contributed by atoms with Crippen LogP contribution < -0.4 is 0 Å². The highest BCUT2D eigenvalue weighted by atomic mass is 127. The molecular formula is C11H13F3IN. The minimum Gasteiger partial charge on any atom is -0.291 e. The van der Waals surface area contributed by atoms with Crippen LogP contribution in [-0.4, -0.2) is 24.2 Å². The first-order chi connectivity index (χ1) is 7.40.